The van der Waals surface area contributed by atoms with E-state index in [1.54, 1.807) is 0 Å². The lowest BCUT2D eigenvalue weighted by Crippen LogP contribution is -2.17. The fourth-order valence-corrected chi connectivity index (χ4v) is 1.79. The van der Waals surface area contributed by atoms with Gasteiger partial charge in [0, 0.05) is 0 Å². The molecule has 0 aromatic heterocycles. The van der Waals surface area contributed by atoms with Gasteiger partial charge in [-0.15, -0.1) is 0 Å². The van der Waals surface area contributed by atoms with E-state index in [-0.39, 0.29) is 16.9 Å². The fourth-order valence-electron chi connectivity index (χ4n) is 1.56. The molecule has 0 aliphatic carbocycles. The number of hydrogen-bond donors (Lipinski definition) is 1. The minimum Gasteiger partial charge on any atom is -0.481 e. The van der Waals surface area contributed by atoms with Gasteiger partial charge in [0.05, 0.1) is 16.8 Å². The molecule has 4 nitrogen and oxygen atoms in total. The van der Waals surface area contributed by atoms with Gasteiger partial charge >= 0.3 is 12.6 Å². The number of hydrogen-bond acceptors (Lipinski definition) is 3. The number of alkyl halides is 3. The minimum atomic E-state index is -3.09. The van der Waals surface area contributed by atoms with Crippen LogP contribution in [-0.2, 0) is 11.2 Å². The van der Waals surface area contributed by atoms with Crippen LogP contribution in [0.5, 0.6) is 5.75 Å². The predicted molar refractivity (Wildman–Crippen MR) is 67.1 cm³/mol. The standard InChI is InChI=1S/C12H11BrF2O4/c1-6(13)11(18)10-7(5-9(16)17)3-2-4-8(10)19-12(14)15/h2-4,6,12H,5H2,1H3,(H,16,17). The first-order valence-electron chi connectivity index (χ1n) is 5.29. The maximum atomic E-state index is 12.3. The summed E-state index contributed by atoms with van der Waals surface area (Å²) in [5.41, 5.74) is 0.0107. The van der Waals surface area contributed by atoms with E-state index in [9.17, 15) is 18.4 Å². The molecule has 0 aliphatic heterocycles. The van der Waals surface area contributed by atoms with Gasteiger partial charge in [0.2, 0.25) is 0 Å². The third kappa shape index (κ3) is 4.27. The number of carboxylic acid groups (broad SMARTS) is 1. The summed E-state index contributed by atoms with van der Waals surface area (Å²) in [6.45, 7) is -1.57. The molecule has 0 spiro atoms. The summed E-state index contributed by atoms with van der Waals surface area (Å²) in [6, 6.07) is 3.97. The zero-order valence-electron chi connectivity index (χ0n) is 9.90. The molecule has 0 aliphatic rings. The Hall–Kier alpha value is -1.50. The molecular weight excluding hydrogens is 326 g/mol. The highest BCUT2D eigenvalue weighted by Crippen LogP contribution is 2.27. The van der Waals surface area contributed by atoms with Crippen LogP contribution in [0.3, 0.4) is 0 Å². The van der Waals surface area contributed by atoms with E-state index >= 15 is 0 Å². The quantitative estimate of drug-likeness (QED) is 0.640. The van der Waals surface area contributed by atoms with Crippen LogP contribution in [0, 0.1) is 0 Å². The van der Waals surface area contributed by atoms with Crippen LogP contribution >= 0.6 is 15.9 Å². The molecule has 1 aromatic carbocycles. The Morgan fingerprint density at radius 3 is 2.53 bits per heavy atom. The molecule has 0 radical (unpaired) electrons. The second kappa shape index (κ2) is 6.60. The zero-order valence-corrected chi connectivity index (χ0v) is 11.5. The summed E-state index contributed by atoms with van der Waals surface area (Å²) in [4.78, 5) is 22.1. The molecule has 0 heterocycles. The number of carbonyl (C=O) groups excluding carboxylic acids is 1. The van der Waals surface area contributed by atoms with Gasteiger partial charge in [0.1, 0.15) is 5.75 Å². The molecule has 1 aromatic rings. The molecule has 0 bridgehead atoms. The normalized spacial score (nSPS) is 12.3. The first-order chi connectivity index (χ1) is 8.82. The Bertz CT molecular complexity index is 489. The predicted octanol–water partition coefficient (Wildman–Crippen LogP) is 2.88. The van der Waals surface area contributed by atoms with E-state index in [1.807, 2.05) is 0 Å². The van der Waals surface area contributed by atoms with Crippen molar-refractivity contribution in [3.63, 3.8) is 0 Å². The summed E-state index contributed by atoms with van der Waals surface area (Å²) in [6.07, 6.45) is -0.443. The van der Waals surface area contributed by atoms with Crippen LogP contribution in [0.2, 0.25) is 0 Å². The van der Waals surface area contributed by atoms with Crippen LogP contribution in [0.25, 0.3) is 0 Å². The first kappa shape index (κ1) is 15.6. The molecule has 0 fully saturated rings. The van der Waals surface area contributed by atoms with Crippen molar-refractivity contribution in [3.05, 3.63) is 29.3 Å². The van der Waals surface area contributed by atoms with Gasteiger partial charge in [-0.1, -0.05) is 28.1 Å². The second-order valence-corrected chi connectivity index (χ2v) is 5.09. The molecule has 0 amide bonds. The number of carboxylic acids is 1. The maximum Gasteiger partial charge on any atom is 0.387 e. The second-order valence-electron chi connectivity index (χ2n) is 3.72. The molecule has 1 rings (SSSR count). The van der Waals surface area contributed by atoms with E-state index < -0.39 is 29.6 Å². The van der Waals surface area contributed by atoms with Gasteiger partial charge in [-0.2, -0.15) is 8.78 Å². The van der Waals surface area contributed by atoms with E-state index in [1.165, 1.54) is 25.1 Å². The third-order valence-electron chi connectivity index (χ3n) is 2.28. The lowest BCUT2D eigenvalue weighted by atomic mass is 9.98. The van der Waals surface area contributed by atoms with Crippen molar-refractivity contribution in [2.75, 3.05) is 0 Å². The lowest BCUT2D eigenvalue weighted by Gasteiger charge is -2.14. The van der Waals surface area contributed by atoms with Gasteiger partial charge < -0.3 is 9.84 Å². The smallest absolute Gasteiger partial charge is 0.387 e. The molecule has 1 unspecified atom stereocenters. The van der Waals surface area contributed by atoms with E-state index in [0.29, 0.717) is 0 Å². The minimum absolute atomic E-state index is 0.130. The average Bonchev–Trinajstić information content (AvgIpc) is 2.26. The van der Waals surface area contributed by atoms with Crippen molar-refractivity contribution < 1.29 is 28.2 Å². The van der Waals surface area contributed by atoms with Crippen molar-refractivity contribution in [2.24, 2.45) is 0 Å². The Labute approximate surface area is 116 Å². The summed E-state index contributed by atoms with van der Waals surface area (Å²) >= 11 is 3.04. The maximum absolute atomic E-state index is 12.3. The highest BCUT2D eigenvalue weighted by molar-refractivity contribution is 9.10. The SMILES string of the molecule is CC(Br)C(=O)c1c(CC(=O)O)cccc1OC(F)F. The van der Waals surface area contributed by atoms with Crippen LogP contribution < -0.4 is 4.74 Å². The number of aliphatic carboxylic acids is 1. The topological polar surface area (TPSA) is 63.6 Å². The number of Topliss-reactive ketones (excluding diaryl/α,β-unsaturated/α-hetero) is 1. The molecule has 104 valence electrons. The molecule has 7 heteroatoms. The van der Waals surface area contributed by atoms with Crippen molar-refractivity contribution in [1.82, 2.24) is 0 Å². The van der Waals surface area contributed by atoms with Gasteiger partial charge in [0.15, 0.2) is 5.78 Å². The highest BCUT2D eigenvalue weighted by atomic mass is 79.9. The Morgan fingerprint density at radius 1 is 1.42 bits per heavy atom. The summed E-state index contributed by atoms with van der Waals surface area (Å²) in [7, 11) is 0. The van der Waals surface area contributed by atoms with Crippen molar-refractivity contribution in [3.8, 4) is 5.75 Å². The molecule has 1 atom stereocenters. The van der Waals surface area contributed by atoms with E-state index in [4.69, 9.17) is 5.11 Å². The summed E-state index contributed by atoms with van der Waals surface area (Å²) in [5.74, 6) is -1.98. The number of halogens is 3. The zero-order chi connectivity index (χ0) is 14.6. The number of rotatable bonds is 6. The Balaban J connectivity index is 3.31. The largest absolute Gasteiger partial charge is 0.481 e. The third-order valence-corrected chi connectivity index (χ3v) is 2.69. The Morgan fingerprint density at radius 2 is 2.05 bits per heavy atom. The van der Waals surface area contributed by atoms with Gasteiger partial charge in [-0.05, 0) is 18.6 Å². The van der Waals surface area contributed by atoms with Crippen molar-refractivity contribution >= 4 is 27.7 Å². The van der Waals surface area contributed by atoms with Crippen molar-refractivity contribution in [2.45, 2.75) is 24.8 Å². The molecular formula is C12H11BrF2O4. The molecule has 0 saturated carbocycles. The molecule has 0 saturated heterocycles. The number of benzene rings is 1. The van der Waals surface area contributed by atoms with Crippen LogP contribution in [0.4, 0.5) is 8.78 Å². The van der Waals surface area contributed by atoms with E-state index in [0.717, 1.165) is 0 Å². The van der Waals surface area contributed by atoms with Gasteiger partial charge in [0.25, 0.3) is 0 Å². The average molecular weight is 337 g/mol. The molecule has 19 heavy (non-hydrogen) atoms. The lowest BCUT2D eigenvalue weighted by molar-refractivity contribution is -0.136. The number of ketones is 1. The first-order valence-corrected chi connectivity index (χ1v) is 6.21. The molecule has 1 N–H and O–H groups in total. The van der Waals surface area contributed by atoms with Crippen LogP contribution in [0.15, 0.2) is 18.2 Å². The van der Waals surface area contributed by atoms with Crippen LogP contribution in [-0.4, -0.2) is 28.3 Å². The summed E-state index contributed by atoms with van der Waals surface area (Å²) < 4.78 is 28.9. The summed E-state index contributed by atoms with van der Waals surface area (Å²) in [5, 5.41) is 8.77. The van der Waals surface area contributed by atoms with Crippen LogP contribution in [0.1, 0.15) is 22.8 Å². The monoisotopic (exact) mass is 336 g/mol. The van der Waals surface area contributed by atoms with Gasteiger partial charge in [-0.3, -0.25) is 9.59 Å². The van der Waals surface area contributed by atoms with Gasteiger partial charge in [-0.25, -0.2) is 0 Å². The Kier molecular flexibility index (Phi) is 5.41. The number of carbonyl (C=O) groups is 2. The fraction of sp³-hybridized carbons (Fsp3) is 0.333. The van der Waals surface area contributed by atoms with E-state index in [2.05, 4.69) is 20.7 Å². The highest BCUT2D eigenvalue weighted by Gasteiger charge is 2.23. The van der Waals surface area contributed by atoms with Crippen molar-refractivity contribution in [1.29, 1.82) is 0 Å². The number of ether oxygens (including phenoxy) is 1.